The zero-order valence-corrected chi connectivity index (χ0v) is 18.7. The summed E-state index contributed by atoms with van der Waals surface area (Å²) in [5.41, 5.74) is 0.455. The molecule has 0 fully saturated rings. The number of ether oxygens (including phenoxy) is 2. The third kappa shape index (κ3) is 5.79. The molecule has 1 unspecified atom stereocenters. The molecule has 0 aliphatic heterocycles. The summed E-state index contributed by atoms with van der Waals surface area (Å²) < 4.78 is 62.7. The summed E-state index contributed by atoms with van der Waals surface area (Å²) in [6.07, 6.45) is 0. The van der Waals surface area contributed by atoms with Crippen LogP contribution >= 0.6 is 0 Å². The fourth-order valence-electron chi connectivity index (χ4n) is 2.39. The highest BCUT2D eigenvalue weighted by molar-refractivity contribution is 7.89. The number of carbonyl (C=O) groups excluding carboxylic acids is 1. The standard InChI is InChI=1S/C19H24N2O7S2/c1-14(20-29(23,24)17-10-8-16(27-4)9-11-17)19(22)28-13-15-6-5-7-18(12-15)30(25,26)21(2)3/h5-12,14,20H,13H2,1-4H3. The Morgan fingerprint density at radius 3 is 2.23 bits per heavy atom. The molecule has 1 atom stereocenters. The minimum atomic E-state index is -3.94. The second kappa shape index (κ2) is 9.56. The van der Waals surface area contributed by atoms with Crippen molar-refractivity contribution in [2.75, 3.05) is 21.2 Å². The number of esters is 1. The molecule has 0 heterocycles. The van der Waals surface area contributed by atoms with Crippen molar-refractivity contribution in [3.05, 3.63) is 54.1 Å². The third-order valence-corrected chi connectivity index (χ3v) is 7.48. The second-order valence-corrected chi connectivity index (χ2v) is 10.4. The average Bonchev–Trinajstić information content (AvgIpc) is 2.71. The van der Waals surface area contributed by atoms with Gasteiger partial charge in [0.15, 0.2) is 0 Å². The van der Waals surface area contributed by atoms with Crippen molar-refractivity contribution >= 4 is 26.0 Å². The van der Waals surface area contributed by atoms with Gasteiger partial charge in [-0.15, -0.1) is 0 Å². The van der Waals surface area contributed by atoms with Crippen molar-refractivity contribution in [3.8, 4) is 5.75 Å². The number of sulfonamides is 2. The zero-order valence-electron chi connectivity index (χ0n) is 17.0. The van der Waals surface area contributed by atoms with E-state index < -0.39 is 32.1 Å². The van der Waals surface area contributed by atoms with Gasteiger partial charge in [0.1, 0.15) is 18.4 Å². The average molecular weight is 457 g/mol. The summed E-state index contributed by atoms with van der Waals surface area (Å²) in [7, 11) is -3.27. The Balaban J connectivity index is 2.02. The molecular weight excluding hydrogens is 432 g/mol. The van der Waals surface area contributed by atoms with Crippen LogP contribution in [0.5, 0.6) is 5.75 Å². The van der Waals surface area contributed by atoms with E-state index in [4.69, 9.17) is 9.47 Å². The normalized spacial score (nSPS) is 13.1. The molecule has 0 saturated carbocycles. The maximum atomic E-state index is 12.4. The highest BCUT2D eigenvalue weighted by Gasteiger charge is 2.23. The predicted octanol–water partition coefficient (Wildman–Crippen LogP) is 1.36. The second-order valence-electron chi connectivity index (χ2n) is 6.56. The van der Waals surface area contributed by atoms with Gasteiger partial charge in [0.25, 0.3) is 0 Å². The van der Waals surface area contributed by atoms with Gasteiger partial charge in [-0.3, -0.25) is 4.79 Å². The van der Waals surface area contributed by atoms with Gasteiger partial charge in [-0.05, 0) is 48.9 Å². The van der Waals surface area contributed by atoms with Crippen LogP contribution in [0.4, 0.5) is 0 Å². The summed E-state index contributed by atoms with van der Waals surface area (Å²) in [6.45, 7) is 1.15. The van der Waals surface area contributed by atoms with E-state index in [1.54, 1.807) is 6.07 Å². The van der Waals surface area contributed by atoms with Crippen LogP contribution in [0.1, 0.15) is 12.5 Å². The molecule has 9 nitrogen and oxygen atoms in total. The number of carbonyl (C=O) groups is 1. The highest BCUT2D eigenvalue weighted by Crippen LogP contribution is 2.17. The van der Waals surface area contributed by atoms with E-state index in [1.165, 1.54) is 70.6 Å². The minimum Gasteiger partial charge on any atom is -0.497 e. The lowest BCUT2D eigenvalue weighted by atomic mass is 10.2. The van der Waals surface area contributed by atoms with Crippen molar-refractivity contribution in [2.24, 2.45) is 0 Å². The summed E-state index contributed by atoms with van der Waals surface area (Å²) in [6, 6.07) is 10.5. The van der Waals surface area contributed by atoms with Gasteiger partial charge in [0.2, 0.25) is 20.0 Å². The number of nitrogens with one attached hydrogen (secondary N) is 1. The molecule has 0 amide bonds. The van der Waals surface area contributed by atoms with Crippen molar-refractivity contribution in [3.63, 3.8) is 0 Å². The van der Waals surface area contributed by atoms with Crippen LogP contribution in [-0.2, 0) is 36.2 Å². The summed E-state index contributed by atoms with van der Waals surface area (Å²) in [4.78, 5) is 12.3. The van der Waals surface area contributed by atoms with Gasteiger partial charge in [-0.2, -0.15) is 4.72 Å². The lowest BCUT2D eigenvalue weighted by molar-refractivity contribution is -0.146. The van der Waals surface area contributed by atoms with Crippen LogP contribution in [0.3, 0.4) is 0 Å². The van der Waals surface area contributed by atoms with E-state index in [9.17, 15) is 21.6 Å². The molecule has 0 spiro atoms. The first kappa shape index (κ1) is 23.8. The van der Waals surface area contributed by atoms with Gasteiger partial charge in [-0.1, -0.05) is 12.1 Å². The van der Waals surface area contributed by atoms with E-state index >= 15 is 0 Å². The number of methoxy groups -OCH3 is 1. The first-order valence-electron chi connectivity index (χ1n) is 8.82. The Morgan fingerprint density at radius 2 is 1.67 bits per heavy atom. The quantitative estimate of drug-likeness (QED) is 0.566. The summed E-state index contributed by atoms with van der Waals surface area (Å²) in [5.74, 6) is -0.298. The predicted molar refractivity (Wildman–Crippen MR) is 110 cm³/mol. The Kier molecular flexibility index (Phi) is 7.59. The van der Waals surface area contributed by atoms with Gasteiger partial charge in [-0.25, -0.2) is 21.1 Å². The number of nitrogens with zero attached hydrogens (tertiary/aromatic N) is 1. The van der Waals surface area contributed by atoms with E-state index in [-0.39, 0.29) is 16.4 Å². The molecule has 11 heteroatoms. The maximum Gasteiger partial charge on any atom is 0.324 e. The molecule has 1 N–H and O–H groups in total. The van der Waals surface area contributed by atoms with Crippen LogP contribution in [0.25, 0.3) is 0 Å². The molecule has 0 aromatic heterocycles. The third-order valence-electron chi connectivity index (χ3n) is 4.11. The van der Waals surface area contributed by atoms with Crippen LogP contribution in [0, 0.1) is 0 Å². The molecular formula is C19H24N2O7S2. The molecule has 30 heavy (non-hydrogen) atoms. The van der Waals surface area contributed by atoms with Crippen molar-refractivity contribution < 1.29 is 31.1 Å². The van der Waals surface area contributed by atoms with E-state index in [1.807, 2.05) is 0 Å². The first-order chi connectivity index (χ1) is 14.0. The molecule has 0 bridgehead atoms. The van der Waals surface area contributed by atoms with Crippen LogP contribution in [-0.4, -0.2) is 54.4 Å². The van der Waals surface area contributed by atoms with Gasteiger partial charge in [0.05, 0.1) is 16.9 Å². The molecule has 2 aromatic carbocycles. The molecule has 2 aromatic rings. The molecule has 2 rings (SSSR count). The zero-order chi connectivity index (χ0) is 22.5. The fourth-order valence-corrected chi connectivity index (χ4v) is 4.55. The number of hydrogen-bond acceptors (Lipinski definition) is 7. The fraction of sp³-hybridized carbons (Fsp3) is 0.316. The Morgan fingerprint density at radius 1 is 1.03 bits per heavy atom. The van der Waals surface area contributed by atoms with Gasteiger partial charge < -0.3 is 9.47 Å². The summed E-state index contributed by atoms with van der Waals surface area (Å²) in [5, 5.41) is 0. The van der Waals surface area contributed by atoms with Crippen molar-refractivity contribution in [2.45, 2.75) is 29.4 Å². The smallest absolute Gasteiger partial charge is 0.324 e. The lowest BCUT2D eigenvalue weighted by Gasteiger charge is -2.15. The number of benzene rings is 2. The van der Waals surface area contributed by atoms with Crippen molar-refractivity contribution in [1.82, 2.24) is 9.03 Å². The van der Waals surface area contributed by atoms with Gasteiger partial charge in [0, 0.05) is 14.1 Å². The number of rotatable bonds is 9. The van der Waals surface area contributed by atoms with Crippen molar-refractivity contribution in [1.29, 1.82) is 0 Å². The largest absolute Gasteiger partial charge is 0.497 e. The van der Waals surface area contributed by atoms with E-state index in [2.05, 4.69) is 4.72 Å². The monoisotopic (exact) mass is 456 g/mol. The van der Waals surface area contributed by atoms with E-state index in [0.717, 1.165) is 4.31 Å². The molecule has 0 radical (unpaired) electrons. The Labute approximate surface area is 176 Å². The summed E-state index contributed by atoms with van der Waals surface area (Å²) >= 11 is 0. The van der Waals surface area contributed by atoms with Crippen LogP contribution < -0.4 is 9.46 Å². The topological polar surface area (TPSA) is 119 Å². The van der Waals surface area contributed by atoms with Crippen LogP contribution in [0.15, 0.2) is 58.3 Å². The van der Waals surface area contributed by atoms with Gasteiger partial charge >= 0.3 is 5.97 Å². The molecule has 0 aliphatic rings. The maximum absolute atomic E-state index is 12.4. The number of hydrogen-bond donors (Lipinski definition) is 1. The van der Waals surface area contributed by atoms with E-state index in [0.29, 0.717) is 11.3 Å². The molecule has 0 aliphatic carbocycles. The molecule has 164 valence electrons. The Bertz CT molecular complexity index is 1100. The lowest BCUT2D eigenvalue weighted by Crippen LogP contribution is -2.39. The Hall–Kier alpha value is -2.47. The highest BCUT2D eigenvalue weighted by atomic mass is 32.2. The first-order valence-corrected chi connectivity index (χ1v) is 11.7. The minimum absolute atomic E-state index is 0.0236. The molecule has 0 saturated heterocycles. The SMILES string of the molecule is COc1ccc(S(=O)(=O)NC(C)C(=O)OCc2cccc(S(=O)(=O)N(C)C)c2)cc1. The van der Waals surface area contributed by atoms with Crippen LogP contribution in [0.2, 0.25) is 0 Å².